The van der Waals surface area contributed by atoms with Gasteiger partial charge in [-0.1, -0.05) is 31.5 Å². The van der Waals surface area contributed by atoms with E-state index in [4.69, 9.17) is 4.74 Å². The van der Waals surface area contributed by atoms with Crippen molar-refractivity contribution in [1.82, 2.24) is 0 Å². The van der Waals surface area contributed by atoms with E-state index in [-0.39, 0.29) is 5.75 Å². The molecular formula is C18H20O3S. The van der Waals surface area contributed by atoms with Crippen LogP contribution in [-0.4, -0.2) is 18.0 Å². The number of ether oxygens (including phenoxy) is 1. The topological polar surface area (TPSA) is 46.5 Å². The number of carbonyl (C=O) groups excluding carboxylic acids is 1. The van der Waals surface area contributed by atoms with Crippen molar-refractivity contribution >= 4 is 18.0 Å². The monoisotopic (exact) mass is 316 g/mol. The molecular weight excluding hydrogens is 296 g/mol. The van der Waals surface area contributed by atoms with Crippen LogP contribution in [0.25, 0.3) is 0 Å². The number of carbonyl (C=O) groups is 1. The Morgan fingerprint density at radius 3 is 2.68 bits per heavy atom. The lowest BCUT2D eigenvalue weighted by Gasteiger charge is -2.12. The van der Waals surface area contributed by atoms with Gasteiger partial charge in [-0.05, 0) is 30.7 Å². The normalized spacial score (nSPS) is 10.4. The van der Waals surface area contributed by atoms with E-state index in [1.807, 2.05) is 30.3 Å². The van der Waals surface area contributed by atoms with Gasteiger partial charge in [-0.3, -0.25) is 4.79 Å². The quantitative estimate of drug-likeness (QED) is 0.436. The van der Waals surface area contributed by atoms with Gasteiger partial charge in [0.15, 0.2) is 11.5 Å². The van der Waals surface area contributed by atoms with Crippen molar-refractivity contribution < 1.29 is 14.6 Å². The van der Waals surface area contributed by atoms with Crippen LogP contribution in [0.4, 0.5) is 0 Å². The largest absolute Gasteiger partial charge is 0.504 e. The van der Waals surface area contributed by atoms with Crippen LogP contribution in [0.2, 0.25) is 0 Å². The molecule has 4 heteroatoms. The number of hydrogen-bond donors (Lipinski definition) is 1. The van der Waals surface area contributed by atoms with Gasteiger partial charge in [-0.25, -0.2) is 0 Å². The first kappa shape index (κ1) is 16.4. The molecule has 0 spiro atoms. The number of hydrogen-bond acceptors (Lipinski definition) is 4. The molecule has 2 aromatic carbocycles. The fraction of sp³-hybridized carbons (Fsp3) is 0.278. The molecule has 0 atom stereocenters. The molecule has 0 bridgehead atoms. The highest BCUT2D eigenvalue weighted by atomic mass is 32.2. The number of thioether (sulfide) groups is 1. The third kappa shape index (κ3) is 4.53. The molecule has 0 aromatic heterocycles. The Morgan fingerprint density at radius 2 is 2.00 bits per heavy atom. The van der Waals surface area contributed by atoms with Crippen LogP contribution in [-0.2, 0) is 5.75 Å². The van der Waals surface area contributed by atoms with Gasteiger partial charge in [0.1, 0.15) is 6.29 Å². The van der Waals surface area contributed by atoms with Gasteiger partial charge in [0.05, 0.1) is 6.61 Å². The first-order valence-electron chi connectivity index (χ1n) is 7.36. The second-order valence-electron chi connectivity index (χ2n) is 4.95. The van der Waals surface area contributed by atoms with Crippen LogP contribution < -0.4 is 4.74 Å². The fourth-order valence-corrected chi connectivity index (χ4v) is 2.87. The van der Waals surface area contributed by atoms with Gasteiger partial charge in [-0.2, -0.15) is 0 Å². The molecule has 0 amide bonds. The number of aldehydes is 1. The zero-order valence-electron chi connectivity index (χ0n) is 12.6. The van der Waals surface area contributed by atoms with E-state index in [1.165, 1.54) is 0 Å². The Hall–Kier alpha value is -1.94. The molecule has 0 fully saturated rings. The number of rotatable bonds is 8. The summed E-state index contributed by atoms with van der Waals surface area (Å²) in [6.07, 6.45) is 2.71. The Morgan fingerprint density at radius 1 is 1.23 bits per heavy atom. The van der Waals surface area contributed by atoms with Gasteiger partial charge in [0.2, 0.25) is 0 Å². The third-order valence-corrected chi connectivity index (χ3v) is 4.27. The summed E-state index contributed by atoms with van der Waals surface area (Å²) in [4.78, 5) is 12.2. The average molecular weight is 316 g/mol. The molecule has 2 aromatic rings. The lowest BCUT2D eigenvalue weighted by Crippen LogP contribution is -1.99. The summed E-state index contributed by atoms with van der Waals surface area (Å²) >= 11 is 1.61. The van der Waals surface area contributed by atoms with Crippen molar-refractivity contribution in [2.24, 2.45) is 0 Å². The molecule has 0 saturated carbocycles. The minimum Gasteiger partial charge on any atom is -0.504 e. The first-order chi connectivity index (χ1) is 10.7. The van der Waals surface area contributed by atoms with Crippen molar-refractivity contribution in [3.8, 4) is 11.5 Å². The zero-order valence-corrected chi connectivity index (χ0v) is 13.4. The summed E-state index contributed by atoms with van der Waals surface area (Å²) in [6, 6.07) is 13.3. The minimum absolute atomic E-state index is 0.130. The van der Waals surface area contributed by atoms with Gasteiger partial charge in [-0.15, -0.1) is 11.8 Å². The van der Waals surface area contributed by atoms with Gasteiger partial charge < -0.3 is 9.84 Å². The predicted molar refractivity (Wildman–Crippen MR) is 89.9 cm³/mol. The summed E-state index contributed by atoms with van der Waals surface area (Å²) in [5, 5.41) is 10.3. The molecule has 0 radical (unpaired) electrons. The summed E-state index contributed by atoms with van der Waals surface area (Å²) in [5.74, 6) is 1.11. The van der Waals surface area contributed by atoms with Crippen molar-refractivity contribution in [2.45, 2.75) is 30.4 Å². The molecule has 0 aliphatic carbocycles. The van der Waals surface area contributed by atoms with Crippen molar-refractivity contribution in [2.75, 3.05) is 6.61 Å². The summed E-state index contributed by atoms with van der Waals surface area (Å²) in [6.45, 7) is 2.62. The van der Waals surface area contributed by atoms with Crippen molar-refractivity contribution in [3.05, 3.63) is 53.6 Å². The second-order valence-corrected chi connectivity index (χ2v) is 6.00. The van der Waals surface area contributed by atoms with Crippen LogP contribution in [0.1, 0.15) is 35.7 Å². The van der Waals surface area contributed by atoms with Gasteiger partial charge in [0.25, 0.3) is 0 Å². The van der Waals surface area contributed by atoms with Gasteiger partial charge in [0, 0.05) is 21.8 Å². The lowest BCUT2D eigenvalue weighted by molar-refractivity contribution is 0.112. The minimum atomic E-state index is 0.130. The molecule has 2 rings (SSSR count). The molecule has 0 aliphatic rings. The molecule has 0 saturated heterocycles. The number of benzene rings is 2. The Bertz CT molecular complexity index is 611. The van der Waals surface area contributed by atoms with Crippen LogP contribution in [0.5, 0.6) is 11.5 Å². The smallest absolute Gasteiger partial charge is 0.161 e. The van der Waals surface area contributed by atoms with E-state index in [1.54, 1.807) is 23.9 Å². The molecule has 0 aliphatic heterocycles. The van der Waals surface area contributed by atoms with Crippen LogP contribution in [0.15, 0.2) is 47.4 Å². The Balaban J connectivity index is 2.14. The average Bonchev–Trinajstić information content (AvgIpc) is 2.56. The SMILES string of the molecule is CCCCOc1cc(C=O)cc(CSc2ccccc2)c1O. The Kier molecular flexibility index (Phi) is 6.34. The highest BCUT2D eigenvalue weighted by Gasteiger charge is 2.11. The van der Waals surface area contributed by atoms with Crippen molar-refractivity contribution in [3.63, 3.8) is 0 Å². The van der Waals surface area contributed by atoms with Crippen LogP contribution >= 0.6 is 11.8 Å². The maximum Gasteiger partial charge on any atom is 0.161 e. The zero-order chi connectivity index (χ0) is 15.8. The van der Waals surface area contributed by atoms with E-state index in [2.05, 4.69) is 6.92 Å². The molecule has 3 nitrogen and oxygen atoms in total. The number of unbranched alkanes of at least 4 members (excludes halogenated alkanes) is 1. The highest BCUT2D eigenvalue weighted by Crippen LogP contribution is 2.35. The molecule has 0 unspecified atom stereocenters. The maximum atomic E-state index is 11.1. The summed E-state index contributed by atoms with van der Waals surface area (Å²) in [7, 11) is 0. The molecule has 22 heavy (non-hydrogen) atoms. The molecule has 0 heterocycles. The van der Waals surface area contributed by atoms with E-state index in [0.29, 0.717) is 29.2 Å². The Labute approximate surface area is 135 Å². The number of phenols is 1. The first-order valence-corrected chi connectivity index (χ1v) is 8.35. The fourth-order valence-electron chi connectivity index (χ4n) is 1.98. The van der Waals surface area contributed by atoms with E-state index >= 15 is 0 Å². The van der Waals surface area contributed by atoms with E-state index in [0.717, 1.165) is 24.0 Å². The van der Waals surface area contributed by atoms with Crippen molar-refractivity contribution in [1.29, 1.82) is 0 Å². The number of phenolic OH excluding ortho intramolecular Hbond substituents is 1. The maximum absolute atomic E-state index is 11.1. The second kappa shape index (κ2) is 8.49. The van der Waals surface area contributed by atoms with Gasteiger partial charge >= 0.3 is 0 Å². The van der Waals surface area contributed by atoms with E-state index < -0.39 is 0 Å². The lowest BCUT2D eigenvalue weighted by atomic mass is 10.1. The molecule has 1 N–H and O–H groups in total. The third-order valence-electron chi connectivity index (χ3n) is 3.21. The summed E-state index contributed by atoms with van der Waals surface area (Å²) in [5.41, 5.74) is 1.23. The van der Waals surface area contributed by atoms with Crippen LogP contribution in [0.3, 0.4) is 0 Å². The predicted octanol–water partition coefficient (Wildman–Crippen LogP) is 4.68. The highest BCUT2D eigenvalue weighted by molar-refractivity contribution is 7.98. The standard InChI is InChI=1S/C18H20O3S/c1-2-3-9-21-17-11-14(12-19)10-15(18(17)20)13-22-16-7-5-4-6-8-16/h4-8,10-12,20H,2-3,9,13H2,1H3. The molecule has 116 valence electrons. The van der Waals surface area contributed by atoms with E-state index in [9.17, 15) is 9.90 Å². The van der Waals surface area contributed by atoms with Crippen LogP contribution in [0, 0.1) is 0 Å². The number of aromatic hydroxyl groups is 1. The summed E-state index contributed by atoms with van der Waals surface area (Å²) < 4.78 is 5.59.